The standard InChI is InChI=1S/C25H15F2NO2/c26-21-12-16-8-10-18(28-23(16)13-22(21)27)9-6-15-5-7-17-14-30-24-4-2-1-3-19(24)25(29)20(17)11-15/h1-13H,14H2/b9-6+. The summed E-state index contributed by atoms with van der Waals surface area (Å²) in [7, 11) is 0. The molecule has 4 aromatic rings. The van der Waals surface area contributed by atoms with Gasteiger partial charge in [0.2, 0.25) is 0 Å². The summed E-state index contributed by atoms with van der Waals surface area (Å²) in [6.45, 7) is 0.330. The lowest BCUT2D eigenvalue weighted by atomic mass is 9.97. The van der Waals surface area contributed by atoms with E-state index in [4.69, 9.17) is 4.74 Å². The van der Waals surface area contributed by atoms with Crippen molar-refractivity contribution in [2.24, 2.45) is 0 Å². The maximum atomic E-state index is 13.5. The number of hydrogen-bond acceptors (Lipinski definition) is 3. The molecule has 0 unspecified atom stereocenters. The first-order chi connectivity index (χ1) is 14.6. The van der Waals surface area contributed by atoms with Gasteiger partial charge in [-0.15, -0.1) is 0 Å². The number of pyridine rings is 1. The first-order valence-electron chi connectivity index (χ1n) is 9.42. The van der Waals surface area contributed by atoms with E-state index in [0.717, 1.165) is 23.3 Å². The fraction of sp³-hybridized carbons (Fsp3) is 0.0400. The third kappa shape index (κ3) is 3.24. The number of para-hydroxylation sites is 1. The number of aromatic nitrogens is 1. The zero-order valence-corrected chi connectivity index (χ0v) is 15.7. The van der Waals surface area contributed by atoms with Crippen LogP contribution in [0, 0.1) is 11.6 Å². The smallest absolute Gasteiger partial charge is 0.197 e. The van der Waals surface area contributed by atoms with Gasteiger partial charge in [0, 0.05) is 22.6 Å². The van der Waals surface area contributed by atoms with Crippen LogP contribution < -0.4 is 4.74 Å². The molecular weight excluding hydrogens is 384 g/mol. The van der Waals surface area contributed by atoms with E-state index in [9.17, 15) is 13.6 Å². The first kappa shape index (κ1) is 18.2. The van der Waals surface area contributed by atoms with Crippen molar-refractivity contribution in [2.75, 3.05) is 0 Å². The van der Waals surface area contributed by atoms with Crippen molar-refractivity contribution >= 4 is 28.8 Å². The molecule has 0 amide bonds. The monoisotopic (exact) mass is 399 g/mol. The van der Waals surface area contributed by atoms with Crippen LogP contribution in [0.15, 0.2) is 66.7 Å². The molecule has 1 aliphatic heterocycles. The molecule has 0 bridgehead atoms. The molecular formula is C25H15F2NO2. The molecule has 0 aliphatic carbocycles. The molecule has 0 atom stereocenters. The van der Waals surface area contributed by atoms with E-state index < -0.39 is 11.6 Å². The fourth-order valence-electron chi connectivity index (χ4n) is 3.52. The van der Waals surface area contributed by atoms with Gasteiger partial charge in [0.1, 0.15) is 12.4 Å². The molecule has 0 saturated heterocycles. The number of hydrogen-bond donors (Lipinski definition) is 0. The predicted molar refractivity (Wildman–Crippen MR) is 111 cm³/mol. The van der Waals surface area contributed by atoms with Crippen LogP contribution in [0.4, 0.5) is 8.78 Å². The Morgan fingerprint density at radius 2 is 1.70 bits per heavy atom. The van der Waals surface area contributed by atoms with Crippen molar-refractivity contribution in [3.63, 3.8) is 0 Å². The van der Waals surface area contributed by atoms with Gasteiger partial charge in [0.25, 0.3) is 0 Å². The Hall–Kier alpha value is -3.86. The predicted octanol–water partition coefficient (Wildman–Crippen LogP) is 5.81. The van der Waals surface area contributed by atoms with Gasteiger partial charge < -0.3 is 4.74 Å². The van der Waals surface area contributed by atoms with E-state index >= 15 is 0 Å². The number of ketones is 1. The summed E-state index contributed by atoms with van der Waals surface area (Å²) in [6.07, 6.45) is 3.60. The summed E-state index contributed by atoms with van der Waals surface area (Å²) in [5.41, 5.74) is 3.78. The molecule has 2 heterocycles. The molecule has 1 aromatic heterocycles. The zero-order valence-electron chi connectivity index (χ0n) is 15.7. The minimum atomic E-state index is -0.928. The maximum Gasteiger partial charge on any atom is 0.197 e. The number of fused-ring (bicyclic) bond motifs is 3. The Labute approximate surface area is 171 Å². The van der Waals surface area contributed by atoms with E-state index in [2.05, 4.69) is 4.98 Å². The second kappa shape index (κ2) is 7.19. The van der Waals surface area contributed by atoms with E-state index in [0.29, 0.717) is 40.1 Å². The Balaban J connectivity index is 1.48. The molecule has 0 N–H and O–H groups in total. The number of nitrogens with zero attached hydrogens (tertiary/aromatic N) is 1. The van der Waals surface area contributed by atoms with Crippen molar-refractivity contribution in [1.29, 1.82) is 0 Å². The van der Waals surface area contributed by atoms with Crippen LogP contribution in [0.2, 0.25) is 0 Å². The fourth-order valence-corrected chi connectivity index (χ4v) is 3.52. The quantitative estimate of drug-likeness (QED) is 0.427. The molecule has 0 spiro atoms. The number of benzene rings is 3. The molecule has 5 heteroatoms. The van der Waals surface area contributed by atoms with E-state index in [1.165, 1.54) is 0 Å². The van der Waals surface area contributed by atoms with Gasteiger partial charge in [-0.05, 0) is 42.0 Å². The summed E-state index contributed by atoms with van der Waals surface area (Å²) < 4.78 is 32.6. The number of carbonyl (C=O) groups is 1. The minimum absolute atomic E-state index is 0.0744. The van der Waals surface area contributed by atoms with Crippen molar-refractivity contribution in [1.82, 2.24) is 4.98 Å². The van der Waals surface area contributed by atoms with Crippen LogP contribution >= 0.6 is 0 Å². The second-order valence-electron chi connectivity index (χ2n) is 7.06. The molecule has 3 nitrogen and oxygen atoms in total. The zero-order chi connectivity index (χ0) is 20.7. The number of ether oxygens (including phenoxy) is 1. The highest BCUT2D eigenvalue weighted by molar-refractivity contribution is 6.12. The molecule has 30 heavy (non-hydrogen) atoms. The van der Waals surface area contributed by atoms with Gasteiger partial charge >= 0.3 is 0 Å². The molecule has 1 aliphatic rings. The molecule has 146 valence electrons. The van der Waals surface area contributed by atoms with E-state index in [-0.39, 0.29) is 5.78 Å². The van der Waals surface area contributed by atoms with E-state index in [1.807, 2.05) is 36.4 Å². The third-order valence-corrected chi connectivity index (χ3v) is 5.09. The first-order valence-corrected chi connectivity index (χ1v) is 9.42. The van der Waals surface area contributed by atoms with Crippen LogP contribution in [0.3, 0.4) is 0 Å². The Bertz CT molecular complexity index is 1340. The van der Waals surface area contributed by atoms with E-state index in [1.54, 1.807) is 30.3 Å². The molecule has 0 radical (unpaired) electrons. The van der Waals surface area contributed by atoms with Gasteiger partial charge in [-0.2, -0.15) is 0 Å². The molecule has 5 rings (SSSR count). The maximum absolute atomic E-state index is 13.5. The number of carbonyl (C=O) groups excluding carboxylic acids is 1. The Morgan fingerprint density at radius 1 is 0.867 bits per heavy atom. The van der Waals surface area contributed by atoms with Crippen LogP contribution in [0.5, 0.6) is 5.75 Å². The average molecular weight is 399 g/mol. The van der Waals surface area contributed by atoms with Crippen LogP contribution in [0.25, 0.3) is 23.1 Å². The topological polar surface area (TPSA) is 39.2 Å². The molecule has 3 aromatic carbocycles. The van der Waals surface area contributed by atoms with Crippen molar-refractivity contribution in [3.8, 4) is 5.75 Å². The van der Waals surface area contributed by atoms with Crippen molar-refractivity contribution < 1.29 is 18.3 Å². The Kier molecular flexibility index (Phi) is 4.36. The number of rotatable bonds is 2. The summed E-state index contributed by atoms with van der Waals surface area (Å²) >= 11 is 0. The average Bonchev–Trinajstić information content (AvgIpc) is 2.90. The van der Waals surface area contributed by atoms with Crippen molar-refractivity contribution in [2.45, 2.75) is 6.61 Å². The summed E-state index contributed by atoms with van der Waals surface area (Å²) in [6, 6.07) is 18.5. The lowest BCUT2D eigenvalue weighted by Crippen LogP contribution is -2.03. The SMILES string of the molecule is O=C1c2cc(/C=C/c3ccc4cc(F)c(F)cc4n3)ccc2COc2ccccc21. The van der Waals surface area contributed by atoms with Gasteiger partial charge in [-0.25, -0.2) is 13.8 Å². The highest BCUT2D eigenvalue weighted by Gasteiger charge is 2.21. The van der Waals surface area contributed by atoms with Crippen LogP contribution in [-0.4, -0.2) is 10.8 Å². The summed E-state index contributed by atoms with van der Waals surface area (Å²) in [5.74, 6) is -1.31. The third-order valence-electron chi connectivity index (χ3n) is 5.09. The lowest BCUT2D eigenvalue weighted by molar-refractivity contribution is 0.103. The Morgan fingerprint density at radius 3 is 2.60 bits per heavy atom. The summed E-state index contributed by atoms with van der Waals surface area (Å²) in [5, 5.41) is 0.528. The highest BCUT2D eigenvalue weighted by atomic mass is 19.2. The largest absolute Gasteiger partial charge is 0.488 e. The summed E-state index contributed by atoms with van der Waals surface area (Å²) in [4.78, 5) is 17.3. The van der Waals surface area contributed by atoms with Gasteiger partial charge in [-0.3, -0.25) is 4.79 Å². The van der Waals surface area contributed by atoms with Crippen molar-refractivity contribution in [3.05, 3.63) is 106 Å². The molecule has 0 fully saturated rings. The lowest BCUT2D eigenvalue weighted by Gasteiger charge is -2.05. The highest BCUT2D eigenvalue weighted by Crippen LogP contribution is 2.29. The van der Waals surface area contributed by atoms with Gasteiger partial charge in [-0.1, -0.05) is 36.4 Å². The van der Waals surface area contributed by atoms with Gasteiger partial charge in [0.05, 0.1) is 16.8 Å². The minimum Gasteiger partial charge on any atom is -0.488 e. The number of halogens is 2. The molecule has 0 saturated carbocycles. The van der Waals surface area contributed by atoms with Gasteiger partial charge in [0.15, 0.2) is 17.4 Å². The van der Waals surface area contributed by atoms with Crippen LogP contribution in [0.1, 0.15) is 32.7 Å². The normalized spacial score (nSPS) is 13.1. The second-order valence-corrected chi connectivity index (χ2v) is 7.06. The van der Waals surface area contributed by atoms with Crippen LogP contribution in [-0.2, 0) is 6.61 Å².